The number of hydrogen-bond donors (Lipinski definition) is 1. The number of halogens is 3. The van der Waals surface area contributed by atoms with Crippen LogP contribution in [0.4, 0.5) is 19.4 Å². The normalized spacial score (nSPS) is 13.2. The molecule has 2 heterocycles. The summed E-state index contributed by atoms with van der Waals surface area (Å²) in [6, 6.07) is 4.87. The lowest BCUT2D eigenvalue weighted by Crippen LogP contribution is -2.42. The monoisotopic (exact) mass is 469 g/mol. The summed E-state index contributed by atoms with van der Waals surface area (Å²) in [6.07, 6.45) is 0. The van der Waals surface area contributed by atoms with Crippen molar-refractivity contribution in [2.75, 3.05) is 39.3 Å². The van der Waals surface area contributed by atoms with Crippen LogP contribution in [0, 0.1) is 12.7 Å². The summed E-state index contributed by atoms with van der Waals surface area (Å²) in [5.41, 5.74) is 2.63. The summed E-state index contributed by atoms with van der Waals surface area (Å²) in [4.78, 5) is 25.0. The van der Waals surface area contributed by atoms with Gasteiger partial charge in [0.2, 0.25) is 5.28 Å². The molecule has 32 heavy (non-hydrogen) atoms. The van der Waals surface area contributed by atoms with Gasteiger partial charge in [-0.3, -0.25) is 4.39 Å². The molecule has 0 bridgehead atoms. The lowest BCUT2D eigenvalue weighted by Gasteiger charge is -2.26. The molecule has 0 aliphatic carbocycles. The first-order valence-corrected chi connectivity index (χ1v) is 10.7. The summed E-state index contributed by atoms with van der Waals surface area (Å²) in [6.45, 7) is 7.80. The predicted molar refractivity (Wildman–Crippen MR) is 121 cm³/mol. The second kappa shape index (κ2) is 11.9. The number of likely N-dealkylation sites (N-methyl/N-ethyl adjacent to an activating group) is 1. The Morgan fingerprint density at radius 2 is 2.06 bits per heavy atom. The molecule has 1 aromatic heterocycles. The van der Waals surface area contributed by atoms with Crippen molar-refractivity contribution in [3.8, 4) is 0 Å². The number of fused-ring (bicyclic) bond motifs is 1. The number of carbonyl (C=O) groups is 1. The van der Waals surface area contributed by atoms with E-state index in [4.69, 9.17) is 16.3 Å². The molecule has 1 N–H and O–H groups in total. The predicted octanol–water partition coefficient (Wildman–Crippen LogP) is 4.74. The summed E-state index contributed by atoms with van der Waals surface area (Å²) < 4.78 is 29.1. The number of amides is 2. The molecule has 10 heteroatoms. The van der Waals surface area contributed by atoms with E-state index >= 15 is 0 Å². The van der Waals surface area contributed by atoms with E-state index in [1.165, 1.54) is 0 Å². The minimum atomic E-state index is -0.335. The summed E-state index contributed by atoms with van der Waals surface area (Å²) in [5, 5.41) is 3.35. The van der Waals surface area contributed by atoms with E-state index < -0.39 is 0 Å². The highest BCUT2D eigenvalue weighted by molar-refractivity contribution is 6.28. The molecule has 0 saturated carbocycles. The molecule has 0 fully saturated rings. The van der Waals surface area contributed by atoms with Gasteiger partial charge >= 0.3 is 6.03 Å². The van der Waals surface area contributed by atoms with Crippen molar-refractivity contribution in [2.45, 2.75) is 39.9 Å². The molecule has 0 saturated heterocycles. The zero-order valence-electron chi connectivity index (χ0n) is 19.1. The SMILES string of the molecule is CCN(CCOC)C(=O)N1Cc2nc(Cl)nc(N[C@H](C)c3cccc(C)c3F)c2C1.CF. The van der Waals surface area contributed by atoms with Crippen molar-refractivity contribution in [3.63, 3.8) is 0 Å². The van der Waals surface area contributed by atoms with E-state index in [-0.39, 0.29) is 23.2 Å². The van der Waals surface area contributed by atoms with E-state index in [1.54, 1.807) is 36.0 Å². The Morgan fingerprint density at radius 1 is 1.34 bits per heavy atom. The van der Waals surface area contributed by atoms with Gasteiger partial charge in [-0.1, -0.05) is 18.2 Å². The smallest absolute Gasteiger partial charge is 0.320 e. The maximum atomic E-state index is 14.5. The van der Waals surface area contributed by atoms with E-state index in [1.807, 2.05) is 19.9 Å². The van der Waals surface area contributed by atoms with E-state index in [0.29, 0.717) is 62.6 Å². The number of benzene rings is 1. The van der Waals surface area contributed by atoms with Gasteiger partial charge in [-0.2, -0.15) is 0 Å². The van der Waals surface area contributed by atoms with Crippen molar-refractivity contribution < 1.29 is 18.3 Å². The fourth-order valence-electron chi connectivity index (χ4n) is 3.56. The van der Waals surface area contributed by atoms with Crippen LogP contribution < -0.4 is 5.32 Å². The average molecular weight is 470 g/mol. The molecule has 2 amide bonds. The van der Waals surface area contributed by atoms with Crippen LogP contribution in [-0.2, 0) is 17.8 Å². The molecule has 1 aliphatic heterocycles. The lowest BCUT2D eigenvalue weighted by molar-refractivity contribution is 0.127. The lowest BCUT2D eigenvalue weighted by atomic mass is 10.0. The average Bonchev–Trinajstić information content (AvgIpc) is 3.21. The van der Waals surface area contributed by atoms with Gasteiger partial charge in [-0.15, -0.1) is 0 Å². The van der Waals surface area contributed by atoms with Crippen LogP contribution in [0.25, 0.3) is 0 Å². The number of carbonyl (C=O) groups excluding carboxylic acids is 1. The van der Waals surface area contributed by atoms with Gasteiger partial charge in [-0.05, 0) is 37.9 Å². The summed E-state index contributed by atoms with van der Waals surface area (Å²) in [7, 11) is 2.11. The van der Waals surface area contributed by atoms with Crippen molar-refractivity contribution in [1.82, 2.24) is 19.8 Å². The highest BCUT2D eigenvalue weighted by Gasteiger charge is 2.31. The van der Waals surface area contributed by atoms with Crippen molar-refractivity contribution in [1.29, 1.82) is 0 Å². The van der Waals surface area contributed by atoms with Crippen LogP contribution in [0.3, 0.4) is 0 Å². The van der Waals surface area contributed by atoms with Gasteiger partial charge in [0.1, 0.15) is 11.6 Å². The van der Waals surface area contributed by atoms with Crippen LogP contribution >= 0.6 is 11.6 Å². The Bertz CT molecular complexity index is 931. The second-order valence-corrected chi connectivity index (χ2v) is 7.66. The molecule has 3 rings (SSSR count). The number of anilines is 1. The second-order valence-electron chi connectivity index (χ2n) is 7.32. The fraction of sp³-hybridized carbons (Fsp3) is 0.500. The number of nitrogens with zero attached hydrogens (tertiary/aromatic N) is 4. The number of rotatable bonds is 7. The number of methoxy groups -OCH3 is 1. The topological polar surface area (TPSA) is 70.6 Å². The fourth-order valence-corrected chi connectivity index (χ4v) is 3.74. The minimum Gasteiger partial charge on any atom is -0.383 e. The molecule has 0 spiro atoms. The number of aromatic nitrogens is 2. The van der Waals surface area contributed by atoms with Gasteiger partial charge in [0.05, 0.1) is 38.6 Å². The molecular weight excluding hydrogens is 440 g/mol. The third-order valence-electron chi connectivity index (χ3n) is 5.28. The Balaban J connectivity index is 0.00000176. The number of alkyl halides is 1. The maximum absolute atomic E-state index is 14.5. The molecule has 0 radical (unpaired) electrons. The van der Waals surface area contributed by atoms with Gasteiger partial charge in [-0.25, -0.2) is 19.2 Å². The molecule has 1 aliphatic rings. The van der Waals surface area contributed by atoms with Crippen LogP contribution in [0.15, 0.2) is 18.2 Å². The molecular formula is C22H30ClF2N5O2. The molecule has 2 aromatic rings. The zero-order chi connectivity index (χ0) is 23.8. The van der Waals surface area contributed by atoms with Crippen LogP contribution in [0.1, 0.15) is 42.3 Å². The Hall–Kier alpha value is -2.52. The third kappa shape index (κ3) is 5.83. The quantitative estimate of drug-likeness (QED) is 0.593. The van der Waals surface area contributed by atoms with Crippen molar-refractivity contribution in [3.05, 3.63) is 51.7 Å². The van der Waals surface area contributed by atoms with Crippen LogP contribution in [0.2, 0.25) is 5.28 Å². The van der Waals surface area contributed by atoms with Gasteiger partial charge < -0.3 is 19.9 Å². The number of nitrogens with one attached hydrogen (secondary N) is 1. The molecule has 1 aromatic carbocycles. The van der Waals surface area contributed by atoms with Crippen molar-refractivity contribution in [2.24, 2.45) is 0 Å². The van der Waals surface area contributed by atoms with Crippen molar-refractivity contribution >= 4 is 23.4 Å². The number of aryl methyl sites for hydroxylation is 1. The molecule has 176 valence electrons. The third-order valence-corrected chi connectivity index (χ3v) is 5.45. The Kier molecular flexibility index (Phi) is 9.59. The number of urea groups is 1. The first-order chi connectivity index (χ1) is 15.3. The van der Waals surface area contributed by atoms with E-state index in [9.17, 15) is 13.6 Å². The molecule has 0 unspecified atom stereocenters. The molecule has 1 atom stereocenters. The minimum absolute atomic E-state index is 0.0904. The van der Waals surface area contributed by atoms with Gasteiger partial charge in [0, 0.05) is 31.3 Å². The first kappa shape index (κ1) is 25.7. The largest absolute Gasteiger partial charge is 0.383 e. The molecule has 7 nitrogen and oxygen atoms in total. The van der Waals surface area contributed by atoms with Crippen LogP contribution in [0.5, 0.6) is 0 Å². The standard InChI is InChI=1S/C21H27ClFN5O2.CH3F/c1-5-27(9-10-30-4)21(29)28-11-16-17(12-28)25-20(22)26-19(16)24-14(3)15-8-6-7-13(2)18(15)23;1-2/h6-8,14H,5,9-12H2,1-4H3,(H,24,25,26);1H3/t14-;/m1./s1. The first-order valence-electron chi connectivity index (χ1n) is 10.3. The summed E-state index contributed by atoms with van der Waals surface area (Å²) in [5.74, 6) is 0.275. The van der Waals surface area contributed by atoms with E-state index in [2.05, 4.69) is 15.3 Å². The zero-order valence-corrected chi connectivity index (χ0v) is 19.8. The van der Waals surface area contributed by atoms with Crippen LogP contribution in [-0.4, -0.2) is 59.8 Å². The maximum Gasteiger partial charge on any atom is 0.320 e. The Labute approximate surface area is 192 Å². The summed E-state index contributed by atoms with van der Waals surface area (Å²) >= 11 is 6.13. The van der Waals surface area contributed by atoms with E-state index in [0.717, 1.165) is 5.56 Å². The number of ether oxygens (including phenoxy) is 1. The van der Waals surface area contributed by atoms with Gasteiger partial charge in [0.25, 0.3) is 0 Å². The highest BCUT2D eigenvalue weighted by atomic mass is 35.5. The number of hydrogen-bond acceptors (Lipinski definition) is 5. The Morgan fingerprint density at radius 3 is 2.72 bits per heavy atom. The van der Waals surface area contributed by atoms with Gasteiger partial charge in [0.15, 0.2) is 0 Å². The highest BCUT2D eigenvalue weighted by Crippen LogP contribution is 2.31.